The van der Waals surface area contributed by atoms with Crippen LogP contribution in [0.1, 0.15) is 15.9 Å². The van der Waals surface area contributed by atoms with Gasteiger partial charge >= 0.3 is 5.97 Å². The van der Waals surface area contributed by atoms with Crippen LogP contribution in [-0.4, -0.2) is 28.6 Å². The van der Waals surface area contributed by atoms with Gasteiger partial charge in [0.25, 0.3) is 5.56 Å². The average Bonchev–Trinajstić information content (AvgIpc) is 3.42. The van der Waals surface area contributed by atoms with Gasteiger partial charge in [-0.3, -0.25) is 4.79 Å². The largest absolute Gasteiger partial charge is 0.454 e. The zero-order valence-corrected chi connectivity index (χ0v) is 19.4. The molecule has 180 valence electrons. The first-order valence-electron chi connectivity index (χ1n) is 11.5. The number of hydrogen-bond donors (Lipinski definition) is 0. The quantitative estimate of drug-likeness (QED) is 0.198. The van der Waals surface area contributed by atoms with Crippen LogP contribution < -0.4 is 19.8 Å². The highest BCUT2D eigenvalue weighted by atomic mass is 16.7. The van der Waals surface area contributed by atoms with E-state index in [4.69, 9.17) is 19.2 Å². The van der Waals surface area contributed by atoms with E-state index in [1.54, 1.807) is 60.7 Å². The minimum absolute atomic E-state index is 0.112. The molecular formula is C29H19N3O5. The number of hydrogen-bond acceptors (Lipinski definition) is 7. The summed E-state index contributed by atoms with van der Waals surface area (Å²) >= 11 is 0. The fraction of sp³-hybridized carbons (Fsp3) is 0.0345. The molecule has 0 spiro atoms. The highest BCUT2D eigenvalue weighted by Crippen LogP contribution is 2.33. The van der Waals surface area contributed by atoms with Crippen molar-refractivity contribution in [2.45, 2.75) is 0 Å². The molecule has 0 aliphatic carbocycles. The number of ether oxygens (including phenoxy) is 3. The standard InChI is InChI=1S/C29H19N3O5/c33-28-22-11-5-6-12-23(22)31-27(19-8-2-1-3-9-19)32(28)30-17-21-10-4-7-13-24(21)37-29(34)20-14-15-25-26(16-20)36-18-35-25/h1-17H,18H2/b30-17-. The van der Waals surface area contributed by atoms with Crippen molar-refractivity contribution < 1.29 is 19.0 Å². The predicted molar refractivity (Wildman–Crippen MR) is 138 cm³/mol. The van der Waals surface area contributed by atoms with Crippen LogP contribution in [0.5, 0.6) is 17.2 Å². The third-order valence-electron chi connectivity index (χ3n) is 5.83. The lowest BCUT2D eigenvalue weighted by Crippen LogP contribution is -2.20. The topological polar surface area (TPSA) is 92.0 Å². The molecular weight excluding hydrogens is 470 g/mol. The lowest BCUT2D eigenvalue weighted by atomic mass is 10.2. The normalized spacial score (nSPS) is 12.2. The van der Waals surface area contributed by atoms with Crippen LogP contribution >= 0.6 is 0 Å². The van der Waals surface area contributed by atoms with Gasteiger partial charge in [-0.2, -0.15) is 9.78 Å². The first-order valence-corrected chi connectivity index (χ1v) is 11.5. The molecule has 5 aromatic rings. The molecule has 1 aromatic heterocycles. The number of esters is 1. The van der Waals surface area contributed by atoms with Crippen molar-refractivity contribution in [3.63, 3.8) is 0 Å². The van der Waals surface area contributed by atoms with Crippen LogP contribution in [0.15, 0.2) is 107 Å². The van der Waals surface area contributed by atoms with E-state index in [2.05, 4.69) is 5.10 Å². The van der Waals surface area contributed by atoms with Crippen molar-refractivity contribution >= 4 is 23.1 Å². The number of para-hydroxylation sites is 2. The number of carbonyl (C=O) groups excluding carboxylic acids is 1. The fourth-order valence-electron chi connectivity index (χ4n) is 3.99. The molecule has 8 heteroatoms. The average molecular weight is 489 g/mol. The monoisotopic (exact) mass is 489 g/mol. The Labute approximate surface area is 211 Å². The first-order chi connectivity index (χ1) is 18.2. The Kier molecular flexibility index (Phi) is 5.67. The molecule has 37 heavy (non-hydrogen) atoms. The van der Waals surface area contributed by atoms with E-state index < -0.39 is 5.97 Å². The Morgan fingerprint density at radius 1 is 0.892 bits per heavy atom. The van der Waals surface area contributed by atoms with E-state index in [0.717, 1.165) is 5.56 Å². The van der Waals surface area contributed by atoms with Gasteiger partial charge in [-0.15, -0.1) is 0 Å². The smallest absolute Gasteiger partial charge is 0.343 e. The molecule has 0 bridgehead atoms. The Balaban J connectivity index is 1.37. The molecule has 2 heterocycles. The van der Waals surface area contributed by atoms with Crippen LogP contribution in [0.2, 0.25) is 0 Å². The molecule has 8 nitrogen and oxygen atoms in total. The van der Waals surface area contributed by atoms with Crippen LogP contribution in [0, 0.1) is 0 Å². The van der Waals surface area contributed by atoms with Crippen LogP contribution in [-0.2, 0) is 0 Å². The Morgan fingerprint density at radius 3 is 2.54 bits per heavy atom. The molecule has 0 radical (unpaired) electrons. The van der Waals surface area contributed by atoms with E-state index in [0.29, 0.717) is 39.4 Å². The SMILES string of the molecule is O=C(Oc1ccccc1/C=N\n1c(-c2ccccc2)nc2ccccc2c1=O)c1ccc2c(c1)OCO2. The highest BCUT2D eigenvalue weighted by molar-refractivity contribution is 5.94. The summed E-state index contributed by atoms with van der Waals surface area (Å²) in [5, 5.41) is 4.93. The molecule has 0 saturated carbocycles. The summed E-state index contributed by atoms with van der Waals surface area (Å²) in [6, 6.07) is 28.3. The van der Waals surface area contributed by atoms with Crippen molar-refractivity contribution in [3.05, 3.63) is 119 Å². The third-order valence-corrected chi connectivity index (χ3v) is 5.83. The van der Waals surface area contributed by atoms with Crippen molar-refractivity contribution in [1.82, 2.24) is 9.66 Å². The molecule has 0 fully saturated rings. The van der Waals surface area contributed by atoms with Crippen molar-refractivity contribution in [3.8, 4) is 28.6 Å². The molecule has 0 N–H and O–H groups in total. The van der Waals surface area contributed by atoms with Gasteiger partial charge in [-0.1, -0.05) is 54.6 Å². The van der Waals surface area contributed by atoms with Gasteiger partial charge in [0.15, 0.2) is 17.3 Å². The van der Waals surface area contributed by atoms with E-state index in [9.17, 15) is 9.59 Å². The second-order valence-electron chi connectivity index (χ2n) is 8.18. The summed E-state index contributed by atoms with van der Waals surface area (Å²) in [6.07, 6.45) is 1.48. The van der Waals surface area contributed by atoms with Gasteiger partial charge in [0.2, 0.25) is 6.79 Å². The van der Waals surface area contributed by atoms with E-state index >= 15 is 0 Å². The maximum Gasteiger partial charge on any atom is 0.343 e. The fourth-order valence-corrected chi connectivity index (χ4v) is 3.99. The lowest BCUT2D eigenvalue weighted by molar-refractivity contribution is 0.0734. The summed E-state index contributed by atoms with van der Waals surface area (Å²) in [4.78, 5) is 30.9. The lowest BCUT2D eigenvalue weighted by Gasteiger charge is -2.10. The van der Waals surface area contributed by atoms with Crippen LogP contribution in [0.3, 0.4) is 0 Å². The summed E-state index contributed by atoms with van der Waals surface area (Å²) in [5.74, 6) is 1.19. The predicted octanol–water partition coefficient (Wildman–Crippen LogP) is 4.89. The molecule has 0 amide bonds. The van der Waals surface area contributed by atoms with Gasteiger partial charge in [0.05, 0.1) is 22.7 Å². The minimum Gasteiger partial charge on any atom is -0.454 e. The molecule has 0 atom stereocenters. The zero-order chi connectivity index (χ0) is 25.2. The molecule has 6 rings (SSSR count). The maximum atomic E-state index is 13.4. The number of fused-ring (bicyclic) bond motifs is 2. The van der Waals surface area contributed by atoms with Crippen molar-refractivity contribution in [2.24, 2.45) is 5.10 Å². The number of rotatable bonds is 5. The summed E-state index contributed by atoms with van der Waals surface area (Å²) in [5.41, 5.74) is 1.84. The van der Waals surface area contributed by atoms with E-state index in [1.807, 2.05) is 36.4 Å². The van der Waals surface area contributed by atoms with Crippen molar-refractivity contribution in [1.29, 1.82) is 0 Å². The van der Waals surface area contributed by atoms with E-state index in [-0.39, 0.29) is 18.1 Å². The number of aromatic nitrogens is 2. The highest BCUT2D eigenvalue weighted by Gasteiger charge is 2.18. The number of carbonyl (C=O) groups is 1. The van der Waals surface area contributed by atoms with Crippen LogP contribution in [0.25, 0.3) is 22.3 Å². The second kappa shape index (κ2) is 9.43. The molecule has 0 saturated heterocycles. The molecule has 1 aliphatic heterocycles. The summed E-state index contributed by atoms with van der Waals surface area (Å²) in [6.45, 7) is 0.112. The van der Waals surface area contributed by atoms with Gasteiger partial charge in [-0.25, -0.2) is 9.78 Å². The van der Waals surface area contributed by atoms with E-state index in [1.165, 1.54) is 10.9 Å². The number of nitrogens with zero attached hydrogens (tertiary/aromatic N) is 3. The zero-order valence-electron chi connectivity index (χ0n) is 19.4. The maximum absolute atomic E-state index is 13.4. The third kappa shape index (κ3) is 4.32. The summed E-state index contributed by atoms with van der Waals surface area (Å²) in [7, 11) is 0. The first kappa shape index (κ1) is 22.2. The van der Waals surface area contributed by atoms with Gasteiger partial charge < -0.3 is 14.2 Å². The molecule has 1 aliphatic rings. The van der Waals surface area contributed by atoms with Gasteiger partial charge in [0, 0.05) is 11.1 Å². The molecule has 0 unspecified atom stereocenters. The molecule has 4 aromatic carbocycles. The van der Waals surface area contributed by atoms with Crippen LogP contribution in [0.4, 0.5) is 0 Å². The Hall–Kier alpha value is -5.24. The van der Waals surface area contributed by atoms with Crippen molar-refractivity contribution in [2.75, 3.05) is 6.79 Å². The minimum atomic E-state index is -0.561. The van der Waals surface area contributed by atoms with Gasteiger partial charge in [0.1, 0.15) is 5.75 Å². The second-order valence-corrected chi connectivity index (χ2v) is 8.18. The number of benzene rings is 4. The van der Waals surface area contributed by atoms with Gasteiger partial charge in [-0.05, 0) is 42.5 Å². The summed E-state index contributed by atoms with van der Waals surface area (Å²) < 4.78 is 17.6. The Bertz CT molecular complexity index is 1730. The Morgan fingerprint density at radius 2 is 1.65 bits per heavy atom.